The van der Waals surface area contributed by atoms with Gasteiger partial charge in [-0.3, -0.25) is 4.79 Å². The zero-order valence-corrected chi connectivity index (χ0v) is 11.6. The Bertz CT molecular complexity index is 435. The Balaban J connectivity index is 1.84. The number of carbonyl (C=O) groups excluding carboxylic acids is 1. The summed E-state index contributed by atoms with van der Waals surface area (Å²) in [5.74, 6) is 1.19. The molecule has 104 valence electrons. The molecule has 1 aromatic heterocycles. The Morgan fingerprint density at radius 1 is 1.53 bits per heavy atom. The van der Waals surface area contributed by atoms with E-state index < -0.39 is 0 Å². The molecule has 0 saturated carbocycles. The molecule has 1 fully saturated rings. The van der Waals surface area contributed by atoms with E-state index in [-0.39, 0.29) is 5.91 Å². The summed E-state index contributed by atoms with van der Waals surface area (Å²) < 4.78 is 0. The number of aromatic nitrogens is 1. The van der Waals surface area contributed by atoms with Gasteiger partial charge in [0.1, 0.15) is 11.5 Å². The smallest absolute Gasteiger partial charge is 0.269 e. The average Bonchev–Trinajstić information content (AvgIpc) is 2.93. The molecule has 0 bridgehead atoms. The maximum Gasteiger partial charge on any atom is 0.269 e. The van der Waals surface area contributed by atoms with Crippen molar-refractivity contribution in [2.75, 3.05) is 38.5 Å². The van der Waals surface area contributed by atoms with Gasteiger partial charge in [0.2, 0.25) is 0 Å². The quantitative estimate of drug-likeness (QED) is 0.837. The zero-order valence-electron chi connectivity index (χ0n) is 11.6. The van der Waals surface area contributed by atoms with Crippen LogP contribution in [0.15, 0.2) is 18.2 Å². The maximum absolute atomic E-state index is 12.0. The number of nitrogens with one attached hydrogen (secondary N) is 2. The second-order valence-corrected chi connectivity index (χ2v) is 4.92. The van der Waals surface area contributed by atoms with Crippen LogP contribution in [0.1, 0.15) is 23.8 Å². The van der Waals surface area contributed by atoms with Crippen molar-refractivity contribution in [3.05, 3.63) is 23.9 Å². The number of likely N-dealkylation sites (tertiary alicyclic amines) is 1. The van der Waals surface area contributed by atoms with Crippen LogP contribution >= 0.6 is 0 Å². The zero-order chi connectivity index (χ0) is 13.7. The lowest BCUT2D eigenvalue weighted by atomic mass is 10.1. The Labute approximate surface area is 114 Å². The summed E-state index contributed by atoms with van der Waals surface area (Å²) >= 11 is 0. The van der Waals surface area contributed by atoms with Crippen molar-refractivity contribution in [3.8, 4) is 0 Å². The average molecular weight is 262 g/mol. The van der Waals surface area contributed by atoms with E-state index in [1.807, 2.05) is 12.1 Å². The summed E-state index contributed by atoms with van der Waals surface area (Å²) in [6.45, 7) is 6.23. The number of pyridine rings is 1. The van der Waals surface area contributed by atoms with E-state index in [0.29, 0.717) is 17.4 Å². The molecule has 2 heterocycles. The minimum absolute atomic E-state index is 0.0907. The van der Waals surface area contributed by atoms with Crippen molar-refractivity contribution in [2.24, 2.45) is 5.92 Å². The molecule has 1 amide bonds. The summed E-state index contributed by atoms with van der Waals surface area (Å²) in [7, 11) is 1.79. The largest absolute Gasteiger partial charge is 0.373 e. The van der Waals surface area contributed by atoms with Crippen molar-refractivity contribution in [2.45, 2.75) is 13.3 Å². The fraction of sp³-hybridized carbons (Fsp3) is 0.571. The van der Waals surface area contributed by atoms with Crippen molar-refractivity contribution in [1.29, 1.82) is 0 Å². The van der Waals surface area contributed by atoms with Gasteiger partial charge in [0.05, 0.1) is 0 Å². The lowest BCUT2D eigenvalue weighted by Gasteiger charge is -2.13. The highest BCUT2D eigenvalue weighted by Crippen LogP contribution is 2.14. The third kappa shape index (κ3) is 3.67. The van der Waals surface area contributed by atoms with E-state index in [4.69, 9.17) is 0 Å². The molecule has 0 aliphatic carbocycles. The molecule has 1 saturated heterocycles. The normalized spacial score (nSPS) is 19.4. The van der Waals surface area contributed by atoms with E-state index in [9.17, 15) is 4.79 Å². The van der Waals surface area contributed by atoms with Crippen LogP contribution in [0.3, 0.4) is 0 Å². The first kappa shape index (κ1) is 13.8. The van der Waals surface area contributed by atoms with Gasteiger partial charge >= 0.3 is 0 Å². The van der Waals surface area contributed by atoms with Gasteiger partial charge in [-0.05, 0) is 37.6 Å². The highest BCUT2D eigenvalue weighted by atomic mass is 16.1. The second-order valence-electron chi connectivity index (χ2n) is 4.92. The predicted molar refractivity (Wildman–Crippen MR) is 76.3 cm³/mol. The molecule has 5 heteroatoms. The standard InChI is InChI=1S/C14H22N4O/c1-3-18-8-7-11(10-18)9-16-14(19)12-5-4-6-13(15-2)17-12/h4-6,11H,3,7-10H2,1-2H3,(H,15,17)(H,16,19). The third-order valence-electron chi connectivity index (χ3n) is 3.61. The molecule has 1 aliphatic rings. The highest BCUT2D eigenvalue weighted by Gasteiger charge is 2.21. The van der Waals surface area contributed by atoms with Crippen molar-refractivity contribution in [3.63, 3.8) is 0 Å². The first-order valence-electron chi connectivity index (χ1n) is 6.88. The van der Waals surface area contributed by atoms with Crippen LogP contribution in [-0.4, -0.2) is 49.0 Å². The Morgan fingerprint density at radius 2 is 2.37 bits per heavy atom. The Hall–Kier alpha value is -1.62. The molecule has 1 aliphatic heterocycles. The first-order chi connectivity index (χ1) is 9.22. The van der Waals surface area contributed by atoms with Crippen LogP contribution in [0.4, 0.5) is 5.82 Å². The van der Waals surface area contributed by atoms with Crippen LogP contribution in [0.2, 0.25) is 0 Å². The minimum Gasteiger partial charge on any atom is -0.373 e. The molecule has 1 aromatic rings. The number of nitrogens with zero attached hydrogens (tertiary/aromatic N) is 2. The molecule has 1 atom stereocenters. The molecular weight excluding hydrogens is 240 g/mol. The number of carbonyl (C=O) groups is 1. The predicted octanol–water partition coefficient (Wildman–Crippen LogP) is 1.19. The lowest BCUT2D eigenvalue weighted by Crippen LogP contribution is -2.31. The van der Waals surface area contributed by atoms with E-state index in [1.54, 1.807) is 13.1 Å². The number of hydrogen-bond acceptors (Lipinski definition) is 4. The highest BCUT2D eigenvalue weighted by molar-refractivity contribution is 5.92. The van der Waals surface area contributed by atoms with Crippen LogP contribution in [-0.2, 0) is 0 Å². The molecule has 1 unspecified atom stereocenters. The fourth-order valence-corrected chi connectivity index (χ4v) is 2.39. The Kier molecular flexibility index (Phi) is 4.74. The summed E-state index contributed by atoms with van der Waals surface area (Å²) in [4.78, 5) is 18.7. The van der Waals surface area contributed by atoms with Crippen LogP contribution in [0, 0.1) is 5.92 Å². The topological polar surface area (TPSA) is 57.3 Å². The van der Waals surface area contributed by atoms with Gasteiger partial charge in [0.25, 0.3) is 5.91 Å². The van der Waals surface area contributed by atoms with E-state index in [1.165, 1.54) is 0 Å². The fourth-order valence-electron chi connectivity index (χ4n) is 2.39. The molecule has 19 heavy (non-hydrogen) atoms. The van der Waals surface area contributed by atoms with Crippen molar-refractivity contribution in [1.82, 2.24) is 15.2 Å². The molecule has 5 nitrogen and oxygen atoms in total. The molecular formula is C14H22N4O. The SMILES string of the molecule is CCN1CCC(CNC(=O)c2cccc(NC)n2)C1. The summed E-state index contributed by atoms with van der Waals surface area (Å²) in [5, 5.41) is 5.92. The molecule has 0 spiro atoms. The van der Waals surface area contributed by atoms with Crippen LogP contribution in [0.5, 0.6) is 0 Å². The maximum atomic E-state index is 12.0. The van der Waals surface area contributed by atoms with Gasteiger partial charge in [-0.15, -0.1) is 0 Å². The van der Waals surface area contributed by atoms with E-state index >= 15 is 0 Å². The summed E-state index contributed by atoms with van der Waals surface area (Å²) in [6, 6.07) is 5.41. The van der Waals surface area contributed by atoms with Gasteiger partial charge in [-0.2, -0.15) is 0 Å². The van der Waals surface area contributed by atoms with Crippen molar-refractivity contribution >= 4 is 11.7 Å². The van der Waals surface area contributed by atoms with Gasteiger partial charge in [0.15, 0.2) is 0 Å². The summed E-state index contributed by atoms with van der Waals surface area (Å²) in [6.07, 6.45) is 1.16. The monoisotopic (exact) mass is 262 g/mol. The Morgan fingerprint density at radius 3 is 3.05 bits per heavy atom. The number of amides is 1. The van der Waals surface area contributed by atoms with Gasteiger partial charge in [0, 0.05) is 20.1 Å². The number of anilines is 1. The molecule has 2 rings (SSSR count). The molecule has 0 radical (unpaired) electrons. The molecule has 2 N–H and O–H groups in total. The third-order valence-corrected chi connectivity index (χ3v) is 3.61. The number of rotatable bonds is 5. The van der Waals surface area contributed by atoms with Crippen molar-refractivity contribution < 1.29 is 4.79 Å². The summed E-state index contributed by atoms with van der Waals surface area (Å²) in [5.41, 5.74) is 0.470. The lowest BCUT2D eigenvalue weighted by molar-refractivity contribution is 0.0942. The van der Waals surface area contributed by atoms with E-state index in [2.05, 4.69) is 27.4 Å². The van der Waals surface area contributed by atoms with E-state index in [0.717, 1.165) is 32.6 Å². The number of hydrogen-bond donors (Lipinski definition) is 2. The first-order valence-corrected chi connectivity index (χ1v) is 6.88. The minimum atomic E-state index is -0.0907. The van der Waals surface area contributed by atoms with Crippen LogP contribution in [0.25, 0.3) is 0 Å². The second kappa shape index (κ2) is 6.52. The van der Waals surface area contributed by atoms with Gasteiger partial charge in [-0.25, -0.2) is 4.98 Å². The van der Waals surface area contributed by atoms with Gasteiger partial charge in [-0.1, -0.05) is 13.0 Å². The van der Waals surface area contributed by atoms with Crippen LogP contribution < -0.4 is 10.6 Å². The van der Waals surface area contributed by atoms with Gasteiger partial charge < -0.3 is 15.5 Å². The molecule has 0 aromatic carbocycles.